The Balaban J connectivity index is 1.08. The van der Waals surface area contributed by atoms with Gasteiger partial charge in [0, 0.05) is 55.3 Å². The van der Waals surface area contributed by atoms with Gasteiger partial charge in [-0.15, -0.1) is 0 Å². The minimum Gasteiger partial charge on any atom is -0.379 e. The van der Waals surface area contributed by atoms with Gasteiger partial charge in [0.25, 0.3) is 11.8 Å². The molecule has 3 amide bonds. The highest BCUT2D eigenvalue weighted by Crippen LogP contribution is 2.35. The third-order valence-electron chi connectivity index (χ3n) is 10.4. The summed E-state index contributed by atoms with van der Waals surface area (Å²) < 4.78 is 56.3. The van der Waals surface area contributed by atoms with Crippen LogP contribution >= 0.6 is 11.6 Å². The maximum atomic E-state index is 13.7. The molecule has 15 nitrogen and oxygen atoms in total. The van der Waals surface area contributed by atoms with Gasteiger partial charge in [0.05, 0.1) is 67.7 Å². The van der Waals surface area contributed by atoms with E-state index in [1.807, 2.05) is 24.3 Å². The second-order valence-corrected chi connectivity index (χ2v) is 15.3. The van der Waals surface area contributed by atoms with Crippen molar-refractivity contribution >= 4 is 46.9 Å². The monoisotopic (exact) mass is 883 g/mol. The van der Waals surface area contributed by atoms with Crippen LogP contribution in [-0.4, -0.2) is 108 Å². The number of ether oxygens (including phenoxy) is 3. The Labute approximate surface area is 363 Å². The second kappa shape index (κ2) is 25.0. The first-order valence-electron chi connectivity index (χ1n) is 20.7. The number of piperidine rings is 2. The quantitative estimate of drug-likeness (QED) is 0.0232. The van der Waals surface area contributed by atoms with Gasteiger partial charge in [-0.3, -0.25) is 19.3 Å². The normalized spacial score (nSPS) is 15.0. The first-order valence-corrected chi connectivity index (χ1v) is 21.1. The standard InChI is InChI=1S/C43H53ClF3N9O6/c44-38-9-7-32(26-37(38)43(45,46)47)29-51-53-42(59)36-28-35(56-15-2-1-3-16-56)8-10-39(36)52-41(58)34-6-4-5-33(25-34)30-55-17-11-31(12-18-55)27-40(57)49-13-19-60-21-23-62-24-22-61-20-14-50-54-48/h4-10,25-26,28-29,31H,1-3,11-24,27,30H2,(H,49,57)(H,52,58)(H,53,59)/b51-29-. The number of alkyl halides is 3. The molecular formula is C43H53ClF3N9O6. The van der Waals surface area contributed by atoms with E-state index in [0.717, 1.165) is 87.9 Å². The lowest BCUT2D eigenvalue weighted by atomic mass is 9.93. The number of anilines is 2. The van der Waals surface area contributed by atoms with Gasteiger partial charge in [-0.2, -0.15) is 18.3 Å². The summed E-state index contributed by atoms with van der Waals surface area (Å²) in [7, 11) is 0. The van der Waals surface area contributed by atoms with E-state index in [-0.39, 0.29) is 35.2 Å². The van der Waals surface area contributed by atoms with E-state index in [2.05, 4.69) is 41.0 Å². The van der Waals surface area contributed by atoms with E-state index in [1.165, 1.54) is 6.07 Å². The molecule has 2 saturated heterocycles. The molecule has 3 aromatic carbocycles. The lowest BCUT2D eigenvalue weighted by molar-refractivity contribution is -0.137. The predicted octanol–water partition coefficient (Wildman–Crippen LogP) is 7.44. The molecule has 0 atom stereocenters. The summed E-state index contributed by atoms with van der Waals surface area (Å²) in [4.78, 5) is 46.9. The van der Waals surface area contributed by atoms with Crippen LogP contribution in [0.1, 0.15) is 75.9 Å². The van der Waals surface area contributed by atoms with Gasteiger partial charge in [0.15, 0.2) is 0 Å². The number of amides is 3. The Kier molecular flexibility index (Phi) is 19.3. The van der Waals surface area contributed by atoms with Crippen molar-refractivity contribution in [2.24, 2.45) is 16.1 Å². The molecule has 5 rings (SSSR count). The maximum Gasteiger partial charge on any atom is 0.417 e. The third-order valence-corrected chi connectivity index (χ3v) is 10.7. The molecule has 0 aliphatic carbocycles. The number of rotatable bonds is 22. The Morgan fingerprint density at radius 2 is 1.60 bits per heavy atom. The molecule has 0 aromatic heterocycles. The van der Waals surface area contributed by atoms with E-state index in [1.54, 1.807) is 18.2 Å². The predicted molar refractivity (Wildman–Crippen MR) is 231 cm³/mol. The molecule has 3 aromatic rings. The van der Waals surface area contributed by atoms with Crippen LogP contribution in [0.2, 0.25) is 5.02 Å². The molecule has 19 heteroatoms. The molecule has 0 unspecified atom stereocenters. The van der Waals surface area contributed by atoms with Crippen molar-refractivity contribution in [2.75, 3.05) is 89.1 Å². The average molecular weight is 884 g/mol. The number of carbonyl (C=O) groups is 3. The Bertz CT molecular complexity index is 2020. The molecule has 3 N–H and O–H groups in total. The number of azide groups is 1. The summed E-state index contributed by atoms with van der Waals surface area (Å²) in [5, 5.41) is 12.7. The second-order valence-electron chi connectivity index (χ2n) is 14.9. The summed E-state index contributed by atoms with van der Waals surface area (Å²) >= 11 is 5.74. The maximum absolute atomic E-state index is 13.7. The van der Waals surface area contributed by atoms with Crippen LogP contribution in [0.4, 0.5) is 24.5 Å². The largest absolute Gasteiger partial charge is 0.417 e. The van der Waals surface area contributed by atoms with Crippen molar-refractivity contribution in [3.63, 3.8) is 0 Å². The molecule has 0 radical (unpaired) electrons. The lowest BCUT2D eigenvalue weighted by Gasteiger charge is -2.31. The lowest BCUT2D eigenvalue weighted by Crippen LogP contribution is -2.36. The zero-order valence-electron chi connectivity index (χ0n) is 34.5. The minimum absolute atomic E-state index is 0.00436. The van der Waals surface area contributed by atoms with E-state index in [0.29, 0.717) is 64.7 Å². The van der Waals surface area contributed by atoms with Gasteiger partial charge in [0.2, 0.25) is 5.91 Å². The summed E-state index contributed by atoms with van der Waals surface area (Å²) in [5.41, 5.74) is 12.2. The summed E-state index contributed by atoms with van der Waals surface area (Å²) in [6, 6.07) is 15.8. The highest BCUT2D eigenvalue weighted by atomic mass is 35.5. The van der Waals surface area contributed by atoms with Crippen molar-refractivity contribution in [2.45, 2.75) is 51.2 Å². The molecule has 0 saturated carbocycles. The summed E-state index contributed by atoms with van der Waals surface area (Å²) in [6.45, 7) is 6.95. The number of nitrogens with one attached hydrogen (secondary N) is 3. The molecule has 2 heterocycles. The first kappa shape index (κ1) is 47.8. The number of likely N-dealkylation sites (tertiary alicyclic amines) is 1. The fraction of sp³-hybridized carbons (Fsp3) is 0.488. The Hall–Kier alpha value is -5.23. The summed E-state index contributed by atoms with van der Waals surface area (Å²) in [5.74, 6) is -0.803. The molecule has 2 fully saturated rings. The molecule has 0 spiro atoms. The van der Waals surface area contributed by atoms with Gasteiger partial charge in [0.1, 0.15) is 0 Å². The van der Waals surface area contributed by atoms with Crippen molar-refractivity contribution in [3.05, 3.63) is 104 Å². The number of hydrogen-bond donors (Lipinski definition) is 3. The number of halogens is 4. The Morgan fingerprint density at radius 3 is 2.32 bits per heavy atom. The fourth-order valence-corrected chi connectivity index (χ4v) is 7.37. The smallest absolute Gasteiger partial charge is 0.379 e. The van der Waals surface area contributed by atoms with E-state index < -0.39 is 28.6 Å². The van der Waals surface area contributed by atoms with Crippen LogP contribution in [0.3, 0.4) is 0 Å². The van der Waals surface area contributed by atoms with E-state index in [4.69, 9.17) is 31.3 Å². The van der Waals surface area contributed by atoms with Crippen LogP contribution in [0.5, 0.6) is 0 Å². The third kappa shape index (κ3) is 15.9. The number of carbonyl (C=O) groups excluding carboxylic acids is 3. The minimum atomic E-state index is -4.66. The van der Waals surface area contributed by atoms with Gasteiger partial charge >= 0.3 is 6.18 Å². The summed E-state index contributed by atoms with van der Waals surface area (Å²) in [6.07, 6.45) is 1.76. The topological polar surface area (TPSA) is 183 Å². The SMILES string of the molecule is [N-]=[N+]=NCCOCCOCCOCCNC(=O)CC1CCN(Cc2cccc(C(=O)Nc3ccc(N4CCCCC4)cc3C(=O)N/N=C\c3ccc(Cl)c(C(F)(F)F)c3)c2)CC1. The molecule has 62 heavy (non-hydrogen) atoms. The van der Waals surface area contributed by atoms with Crippen molar-refractivity contribution in [3.8, 4) is 0 Å². The van der Waals surface area contributed by atoms with Crippen molar-refractivity contribution in [1.82, 2.24) is 15.6 Å². The number of benzene rings is 3. The molecular weight excluding hydrogens is 831 g/mol. The van der Waals surface area contributed by atoms with Crippen molar-refractivity contribution in [1.29, 1.82) is 0 Å². The zero-order valence-corrected chi connectivity index (χ0v) is 35.3. The van der Waals surface area contributed by atoms with Gasteiger partial charge in [-0.25, -0.2) is 5.43 Å². The average Bonchev–Trinajstić information content (AvgIpc) is 3.26. The van der Waals surface area contributed by atoms with Crippen LogP contribution in [0.15, 0.2) is 70.9 Å². The van der Waals surface area contributed by atoms with Gasteiger partial charge in [-0.05, 0) is 110 Å². The number of hydrazone groups is 1. The van der Waals surface area contributed by atoms with Gasteiger partial charge in [-0.1, -0.05) is 34.9 Å². The number of hydrogen-bond acceptors (Lipinski definition) is 10. The van der Waals surface area contributed by atoms with Gasteiger partial charge < -0.3 is 29.7 Å². The van der Waals surface area contributed by atoms with Crippen LogP contribution < -0.4 is 21.0 Å². The van der Waals surface area contributed by atoms with E-state index >= 15 is 0 Å². The first-order chi connectivity index (χ1) is 30.0. The fourth-order valence-electron chi connectivity index (χ4n) is 7.15. The van der Waals surface area contributed by atoms with Crippen LogP contribution in [0, 0.1) is 5.92 Å². The van der Waals surface area contributed by atoms with Crippen LogP contribution in [-0.2, 0) is 31.7 Å². The van der Waals surface area contributed by atoms with Crippen molar-refractivity contribution < 1.29 is 41.8 Å². The van der Waals surface area contributed by atoms with Crippen LogP contribution in [0.25, 0.3) is 10.4 Å². The Morgan fingerprint density at radius 1 is 0.871 bits per heavy atom. The highest BCUT2D eigenvalue weighted by molar-refractivity contribution is 6.31. The highest BCUT2D eigenvalue weighted by Gasteiger charge is 2.33. The number of nitrogens with zero attached hydrogens (tertiary/aromatic N) is 6. The molecule has 2 aliphatic heterocycles. The molecule has 0 bridgehead atoms. The molecule has 334 valence electrons. The molecule has 2 aliphatic rings. The van der Waals surface area contributed by atoms with E-state index in [9.17, 15) is 27.6 Å². The zero-order chi connectivity index (χ0) is 44.2.